The molecule has 0 amide bonds. The van der Waals surface area contributed by atoms with Crippen LogP contribution in [0, 0.1) is 0 Å². The van der Waals surface area contributed by atoms with E-state index in [2.05, 4.69) is 44.8 Å². The molecule has 0 saturated carbocycles. The van der Waals surface area contributed by atoms with Crippen LogP contribution in [-0.4, -0.2) is 17.5 Å². The first-order valence-electron chi connectivity index (χ1n) is 9.09. The predicted molar refractivity (Wildman–Crippen MR) is 110 cm³/mol. The number of hydrogen-bond donors (Lipinski definition) is 0. The number of aryl methyl sites for hydroxylation is 1. The van der Waals surface area contributed by atoms with Crippen molar-refractivity contribution < 1.29 is 9.47 Å². The van der Waals surface area contributed by atoms with Crippen LogP contribution in [0.5, 0.6) is 11.5 Å². The zero-order chi connectivity index (χ0) is 18.7. The molecule has 0 aromatic heterocycles. The molecule has 138 valence electrons. The fourth-order valence-electron chi connectivity index (χ4n) is 3.10. The molecular formula is C21H26N2O2S. The van der Waals surface area contributed by atoms with Gasteiger partial charge in [-0.2, -0.15) is 0 Å². The minimum absolute atomic E-state index is 0.300. The topological polar surface area (TPSA) is 43.2 Å². The van der Waals surface area contributed by atoms with E-state index < -0.39 is 0 Å². The van der Waals surface area contributed by atoms with E-state index in [1.165, 1.54) is 21.6 Å². The van der Waals surface area contributed by atoms with Crippen molar-refractivity contribution in [1.29, 1.82) is 0 Å². The van der Waals surface area contributed by atoms with Crippen molar-refractivity contribution in [2.75, 3.05) is 6.79 Å². The van der Waals surface area contributed by atoms with Gasteiger partial charge in [-0.15, -0.1) is 0 Å². The summed E-state index contributed by atoms with van der Waals surface area (Å²) in [5.41, 5.74) is 5.86. The Hall–Kier alpha value is -2.01. The number of fused-ring (bicyclic) bond motifs is 1. The maximum atomic E-state index is 5.53. The van der Waals surface area contributed by atoms with Gasteiger partial charge in [0.2, 0.25) is 6.79 Å². The number of nitrogens with zero attached hydrogens (tertiary/aromatic N) is 2. The molecule has 2 aliphatic rings. The van der Waals surface area contributed by atoms with E-state index in [0.717, 1.165) is 47.2 Å². The van der Waals surface area contributed by atoms with E-state index in [1.54, 1.807) is 11.8 Å². The van der Waals surface area contributed by atoms with Gasteiger partial charge in [0.25, 0.3) is 0 Å². The molecule has 1 aromatic carbocycles. The van der Waals surface area contributed by atoms with Crippen LogP contribution < -0.4 is 9.47 Å². The normalized spacial score (nSPS) is 17.2. The SMILES string of the molecule is CCC1=CN=C(C)C(N=C(C)Sc2cc3c(cc2CC)OCO3)=C(C)C1. The Morgan fingerprint density at radius 3 is 2.58 bits per heavy atom. The summed E-state index contributed by atoms with van der Waals surface area (Å²) in [6.45, 7) is 10.9. The second-order valence-corrected chi connectivity index (χ2v) is 7.80. The summed E-state index contributed by atoms with van der Waals surface area (Å²) in [5, 5.41) is 1.00. The van der Waals surface area contributed by atoms with Gasteiger partial charge >= 0.3 is 0 Å². The molecule has 26 heavy (non-hydrogen) atoms. The van der Waals surface area contributed by atoms with Crippen LogP contribution in [0.25, 0.3) is 0 Å². The second-order valence-electron chi connectivity index (χ2n) is 6.56. The number of allylic oxidation sites excluding steroid dienone is 3. The standard InChI is InChI=1S/C21H26N2O2S/c1-6-16-8-13(3)21(14(4)22-11-16)23-15(5)26-20-10-19-18(24-12-25-19)9-17(20)7-2/h9-11H,6-8,12H2,1-5H3. The largest absolute Gasteiger partial charge is 0.454 e. The molecule has 3 rings (SSSR count). The Kier molecular flexibility index (Phi) is 5.87. The number of rotatable bonds is 4. The zero-order valence-electron chi connectivity index (χ0n) is 16.2. The highest BCUT2D eigenvalue weighted by molar-refractivity contribution is 8.14. The van der Waals surface area contributed by atoms with Gasteiger partial charge in [-0.05, 0) is 68.9 Å². The molecule has 2 heterocycles. The molecule has 0 spiro atoms. The first-order chi connectivity index (χ1) is 12.5. The number of benzene rings is 1. The summed E-state index contributed by atoms with van der Waals surface area (Å²) < 4.78 is 11.0. The lowest BCUT2D eigenvalue weighted by molar-refractivity contribution is 0.174. The van der Waals surface area contributed by atoms with Crippen molar-refractivity contribution in [1.82, 2.24) is 0 Å². The molecule has 2 aliphatic heterocycles. The first kappa shape index (κ1) is 18.8. The van der Waals surface area contributed by atoms with Gasteiger partial charge in [-0.25, -0.2) is 4.99 Å². The monoisotopic (exact) mass is 370 g/mol. The van der Waals surface area contributed by atoms with Crippen molar-refractivity contribution in [2.24, 2.45) is 9.98 Å². The molecule has 0 bridgehead atoms. The summed E-state index contributed by atoms with van der Waals surface area (Å²) in [6, 6.07) is 4.15. The summed E-state index contributed by atoms with van der Waals surface area (Å²) in [4.78, 5) is 10.7. The zero-order valence-corrected chi connectivity index (χ0v) is 17.0. The lowest BCUT2D eigenvalue weighted by atomic mass is 10.0. The molecule has 1 aromatic rings. The van der Waals surface area contributed by atoms with Gasteiger partial charge in [-0.3, -0.25) is 4.99 Å². The quantitative estimate of drug-likeness (QED) is 0.375. The summed E-state index contributed by atoms with van der Waals surface area (Å²) in [5.74, 6) is 1.65. The molecule has 4 nitrogen and oxygen atoms in total. The van der Waals surface area contributed by atoms with Crippen LogP contribution in [0.15, 0.2) is 50.1 Å². The highest BCUT2D eigenvalue weighted by Crippen LogP contribution is 2.39. The third-order valence-corrected chi connectivity index (χ3v) is 5.58. The highest BCUT2D eigenvalue weighted by atomic mass is 32.2. The lowest BCUT2D eigenvalue weighted by Gasteiger charge is -2.11. The number of thioether (sulfide) groups is 1. The second kappa shape index (κ2) is 8.12. The van der Waals surface area contributed by atoms with Gasteiger partial charge < -0.3 is 9.47 Å². The van der Waals surface area contributed by atoms with Crippen LogP contribution >= 0.6 is 11.8 Å². The third-order valence-electron chi connectivity index (χ3n) is 4.60. The van der Waals surface area contributed by atoms with Crippen molar-refractivity contribution >= 4 is 22.5 Å². The predicted octanol–water partition coefficient (Wildman–Crippen LogP) is 5.92. The molecule has 0 N–H and O–H groups in total. The Bertz CT molecular complexity index is 835. The van der Waals surface area contributed by atoms with E-state index in [0.29, 0.717) is 6.79 Å². The van der Waals surface area contributed by atoms with Gasteiger partial charge in [0.15, 0.2) is 11.5 Å². The number of ether oxygens (including phenoxy) is 2. The number of aliphatic imine (C=N–C) groups is 2. The lowest BCUT2D eigenvalue weighted by Crippen LogP contribution is -2.00. The molecule has 0 saturated heterocycles. The maximum Gasteiger partial charge on any atom is 0.231 e. The molecule has 0 fully saturated rings. The molecule has 5 heteroatoms. The van der Waals surface area contributed by atoms with Crippen LogP contribution in [0.2, 0.25) is 0 Å². The fourth-order valence-corrected chi connectivity index (χ4v) is 4.05. The first-order valence-corrected chi connectivity index (χ1v) is 9.91. The Morgan fingerprint density at radius 1 is 1.15 bits per heavy atom. The van der Waals surface area contributed by atoms with Crippen LogP contribution in [0.1, 0.15) is 53.0 Å². The summed E-state index contributed by atoms with van der Waals surface area (Å²) in [6.07, 6.45) is 4.91. The number of hydrogen-bond acceptors (Lipinski definition) is 5. The van der Waals surface area contributed by atoms with E-state index in [-0.39, 0.29) is 0 Å². The van der Waals surface area contributed by atoms with E-state index in [4.69, 9.17) is 14.5 Å². The van der Waals surface area contributed by atoms with Gasteiger partial charge in [-0.1, -0.05) is 25.6 Å². The minimum Gasteiger partial charge on any atom is -0.454 e. The van der Waals surface area contributed by atoms with Crippen molar-refractivity contribution in [3.63, 3.8) is 0 Å². The molecular weight excluding hydrogens is 344 g/mol. The van der Waals surface area contributed by atoms with Crippen LogP contribution in [-0.2, 0) is 6.42 Å². The van der Waals surface area contributed by atoms with Gasteiger partial charge in [0.05, 0.1) is 16.5 Å². The average Bonchev–Trinajstić information content (AvgIpc) is 3.03. The van der Waals surface area contributed by atoms with Crippen molar-refractivity contribution in [3.05, 3.63) is 40.7 Å². The van der Waals surface area contributed by atoms with E-state index >= 15 is 0 Å². The molecule has 0 aliphatic carbocycles. The van der Waals surface area contributed by atoms with E-state index in [1.807, 2.05) is 13.1 Å². The molecule has 0 radical (unpaired) electrons. The van der Waals surface area contributed by atoms with Crippen LogP contribution in [0.4, 0.5) is 0 Å². The van der Waals surface area contributed by atoms with Crippen LogP contribution in [0.3, 0.4) is 0 Å². The minimum atomic E-state index is 0.300. The van der Waals surface area contributed by atoms with Crippen molar-refractivity contribution in [2.45, 2.75) is 58.8 Å². The highest BCUT2D eigenvalue weighted by Gasteiger charge is 2.18. The van der Waals surface area contributed by atoms with Gasteiger partial charge in [0, 0.05) is 11.1 Å². The molecule has 0 atom stereocenters. The average molecular weight is 371 g/mol. The fraction of sp³-hybridized carbons (Fsp3) is 0.429. The smallest absolute Gasteiger partial charge is 0.231 e. The van der Waals surface area contributed by atoms with E-state index in [9.17, 15) is 0 Å². The summed E-state index contributed by atoms with van der Waals surface area (Å²) in [7, 11) is 0. The Morgan fingerprint density at radius 2 is 1.88 bits per heavy atom. The van der Waals surface area contributed by atoms with Gasteiger partial charge in [0.1, 0.15) is 0 Å². The Labute approximate surface area is 160 Å². The third kappa shape index (κ3) is 4.04. The summed E-state index contributed by atoms with van der Waals surface area (Å²) >= 11 is 1.68. The maximum absolute atomic E-state index is 5.53. The Balaban J connectivity index is 1.87. The molecule has 0 unspecified atom stereocenters. The van der Waals surface area contributed by atoms with Crippen molar-refractivity contribution in [3.8, 4) is 11.5 Å².